The first-order valence-electron chi connectivity index (χ1n) is 18.4. The Balaban J connectivity index is 1.30. The van der Waals surface area contributed by atoms with Crippen LogP contribution in [0.3, 0.4) is 0 Å². The van der Waals surface area contributed by atoms with Gasteiger partial charge >= 0.3 is 11.9 Å². The van der Waals surface area contributed by atoms with Crippen molar-refractivity contribution in [1.29, 1.82) is 0 Å². The van der Waals surface area contributed by atoms with Gasteiger partial charge in [0, 0.05) is 38.3 Å². The Morgan fingerprint density at radius 2 is 1.11 bits per heavy atom. The number of amides is 2. The van der Waals surface area contributed by atoms with Crippen LogP contribution in [0.4, 0.5) is 63.3 Å². The van der Waals surface area contributed by atoms with Crippen molar-refractivity contribution in [2.75, 3.05) is 52.5 Å². The molecule has 6 rings (SSSR count). The van der Waals surface area contributed by atoms with E-state index in [4.69, 9.17) is 15.3 Å². The number of rotatable bonds is 17. The summed E-state index contributed by atoms with van der Waals surface area (Å²) in [6.45, 7) is 4.21. The molecule has 0 saturated carbocycles. The highest BCUT2D eigenvalue weighted by Gasteiger charge is 2.19. The molecule has 1 aliphatic heterocycles. The lowest BCUT2D eigenvalue weighted by atomic mass is 10.1. The van der Waals surface area contributed by atoms with Crippen LogP contribution in [-0.4, -0.2) is 85.7 Å². The maximum absolute atomic E-state index is 12.2. The smallest absolute Gasteiger partial charge is 0.335 e. The maximum Gasteiger partial charge on any atom is 0.335 e. The number of nitrogens with zero attached hydrogens (tertiary/aromatic N) is 8. The number of carbonyl (C=O) groups is 4. The number of carboxylic acids is 2. The van der Waals surface area contributed by atoms with E-state index in [1.807, 2.05) is 4.90 Å². The molecule has 0 unspecified atom stereocenters. The van der Waals surface area contributed by atoms with E-state index in [0.717, 1.165) is 18.2 Å². The van der Waals surface area contributed by atoms with E-state index in [-0.39, 0.29) is 59.2 Å². The molecule has 8 N–H and O–H groups in total. The zero-order valence-electron chi connectivity index (χ0n) is 32.9. The topological polar surface area (TPSA) is 316 Å². The summed E-state index contributed by atoms with van der Waals surface area (Å²) in [7, 11) is 0. The average Bonchev–Trinajstić information content (AvgIpc) is 3.23. The molecule has 1 aromatic heterocycles. The van der Waals surface area contributed by atoms with Crippen molar-refractivity contribution in [1.82, 2.24) is 15.0 Å². The third kappa shape index (κ3) is 12.1. The van der Waals surface area contributed by atoms with E-state index in [9.17, 15) is 29.4 Å². The molecule has 2 heterocycles. The Labute approximate surface area is 351 Å². The number of azo groups is 2. The lowest BCUT2D eigenvalue weighted by molar-refractivity contribution is -0.254. The van der Waals surface area contributed by atoms with Crippen LogP contribution in [0.2, 0.25) is 0 Å². The predicted molar refractivity (Wildman–Crippen MR) is 221 cm³/mol. The molecule has 4 aromatic carbocycles. The number of carbonyl (C=O) groups excluding carboxylic acids is 2. The second-order valence-corrected chi connectivity index (χ2v) is 13.3. The standard InChI is InChI=1S/C39H38N12O11/c1-21(52)40-33-17-27(3-5-31(33)49-47-29-12-23(19-61-58)11-24(13-29)20-62-59)42-37-44-38(46-39(45-37)51-7-9-60-10-8-51)43-28-4-6-32(34(18-28)41-22(2)53)50-48-30-15-25(35(54)55)14-26(16-30)36(56)57/h3-6,11-18,58-59H,7-10,19-20H2,1-2H3,(H,40,52)(H,41,53)(H,54,55)(H,56,57)(H2,42,43,44,45,46). The molecule has 0 aliphatic carbocycles. The summed E-state index contributed by atoms with van der Waals surface area (Å²) in [5.41, 5.74) is 2.61. The van der Waals surface area contributed by atoms with E-state index >= 15 is 0 Å². The predicted octanol–water partition coefficient (Wildman–Crippen LogP) is 7.32. The molecule has 1 aliphatic rings. The van der Waals surface area contributed by atoms with Crippen LogP contribution in [0.25, 0.3) is 0 Å². The number of carboxylic acid groups (broad SMARTS) is 2. The number of hydrogen-bond acceptors (Lipinski definition) is 19. The van der Waals surface area contributed by atoms with Gasteiger partial charge in [-0.25, -0.2) is 19.4 Å². The van der Waals surface area contributed by atoms with Gasteiger partial charge in [0.1, 0.15) is 24.6 Å². The van der Waals surface area contributed by atoms with Gasteiger partial charge in [0.05, 0.1) is 47.1 Å². The van der Waals surface area contributed by atoms with Crippen LogP contribution >= 0.6 is 0 Å². The molecule has 23 heteroatoms. The van der Waals surface area contributed by atoms with Crippen LogP contribution < -0.4 is 26.2 Å². The van der Waals surface area contributed by atoms with Gasteiger partial charge in [-0.2, -0.15) is 25.2 Å². The van der Waals surface area contributed by atoms with E-state index in [2.05, 4.69) is 66.5 Å². The quantitative estimate of drug-likeness (QED) is 0.0258. The summed E-state index contributed by atoms with van der Waals surface area (Å²) >= 11 is 0. The van der Waals surface area contributed by atoms with E-state index in [1.54, 1.807) is 48.5 Å². The second kappa shape index (κ2) is 20.4. The van der Waals surface area contributed by atoms with Crippen LogP contribution in [0, 0.1) is 0 Å². The van der Waals surface area contributed by atoms with Gasteiger partial charge < -0.3 is 41.1 Å². The molecule has 1 fully saturated rings. The molecule has 5 aromatic rings. The Kier molecular flexibility index (Phi) is 14.4. The molecule has 0 atom stereocenters. The van der Waals surface area contributed by atoms with Crippen LogP contribution in [0.15, 0.2) is 93.3 Å². The molecule has 2 amide bonds. The number of aromatic carboxylic acids is 2. The van der Waals surface area contributed by atoms with Crippen molar-refractivity contribution < 1.29 is 54.4 Å². The minimum atomic E-state index is -1.35. The van der Waals surface area contributed by atoms with E-state index in [1.165, 1.54) is 19.9 Å². The highest BCUT2D eigenvalue weighted by molar-refractivity contribution is 5.96. The lowest BCUT2D eigenvalue weighted by Gasteiger charge is -2.27. The Bertz CT molecular complexity index is 2490. The summed E-state index contributed by atoms with van der Waals surface area (Å²) in [5, 5.41) is 65.2. The van der Waals surface area contributed by atoms with Gasteiger partial charge in [-0.3, -0.25) is 20.1 Å². The Morgan fingerprint density at radius 1 is 0.645 bits per heavy atom. The molecule has 1 saturated heterocycles. The molecule has 0 radical (unpaired) electrons. The number of morpholine rings is 1. The van der Waals surface area contributed by atoms with Gasteiger partial charge in [0.15, 0.2) is 0 Å². The Hall–Kier alpha value is -7.83. The van der Waals surface area contributed by atoms with Crippen molar-refractivity contribution in [3.8, 4) is 0 Å². The van der Waals surface area contributed by atoms with Crippen molar-refractivity contribution in [2.24, 2.45) is 20.5 Å². The minimum Gasteiger partial charge on any atom is -0.478 e. The summed E-state index contributed by atoms with van der Waals surface area (Å²) in [6, 6.07) is 17.7. The number of aromatic nitrogens is 3. The molecule has 0 bridgehead atoms. The number of anilines is 7. The van der Waals surface area contributed by atoms with Crippen LogP contribution in [-0.2, 0) is 37.3 Å². The van der Waals surface area contributed by atoms with Gasteiger partial charge in [-0.05, 0) is 77.9 Å². The van der Waals surface area contributed by atoms with Gasteiger partial charge in [0.2, 0.25) is 29.7 Å². The SMILES string of the molecule is CC(=O)Nc1cc(Nc2nc(Nc3ccc(N=Nc4cc(C(=O)O)cc(C(=O)O)c4)c(NC(C)=O)c3)nc(N3CCOCC3)n2)ccc1N=Nc1cc(COO)cc(COO)c1. The van der Waals surface area contributed by atoms with Crippen molar-refractivity contribution in [3.63, 3.8) is 0 Å². The van der Waals surface area contributed by atoms with Gasteiger partial charge in [-0.15, -0.1) is 10.2 Å². The molecule has 320 valence electrons. The first-order valence-corrected chi connectivity index (χ1v) is 18.4. The van der Waals surface area contributed by atoms with Gasteiger partial charge in [-0.1, -0.05) is 6.07 Å². The summed E-state index contributed by atoms with van der Waals surface area (Å²) in [5.74, 6) is -2.97. The first-order chi connectivity index (χ1) is 29.8. The lowest BCUT2D eigenvalue weighted by Crippen LogP contribution is -2.37. The first kappa shape index (κ1) is 43.7. The van der Waals surface area contributed by atoms with E-state index in [0.29, 0.717) is 71.8 Å². The van der Waals surface area contributed by atoms with Crippen molar-refractivity contribution in [2.45, 2.75) is 27.1 Å². The normalized spacial score (nSPS) is 12.7. The maximum atomic E-state index is 12.2. The highest BCUT2D eigenvalue weighted by atomic mass is 17.1. The fourth-order valence-corrected chi connectivity index (χ4v) is 5.88. The molecule has 0 spiro atoms. The van der Waals surface area contributed by atoms with Crippen LogP contribution in [0.5, 0.6) is 0 Å². The summed E-state index contributed by atoms with van der Waals surface area (Å²) in [4.78, 5) is 71.8. The van der Waals surface area contributed by atoms with E-state index < -0.39 is 17.8 Å². The number of nitrogens with one attached hydrogen (secondary N) is 4. The fraction of sp³-hybridized carbons (Fsp3) is 0.205. The number of benzene rings is 4. The third-order valence-electron chi connectivity index (χ3n) is 8.50. The van der Waals surface area contributed by atoms with Gasteiger partial charge in [0.25, 0.3) is 0 Å². The summed E-state index contributed by atoms with van der Waals surface area (Å²) in [6.07, 6.45) is 0. The fourth-order valence-electron chi connectivity index (χ4n) is 5.88. The highest BCUT2D eigenvalue weighted by Crippen LogP contribution is 2.34. The minimum absolute atomic E-state index is 0.0387. The monoisotopic (exact) mass is 850 g/mol. The molecular weight excluding hydrogens is 813 g/mol. The molecule has 62 heavy (non-hydrogen) atoms. The summed E-state index contributed by atoms with van der Waals surface area (Å²) < 4.78 is 5.52. The largest absolute Gasteiger partial charge is 0.478 e. The zero-order chi connectivity index (χ0) is 44.2. The van der Waals surface area contributed by atoms with Crippen LogP contribution in [0.1, 0.15) is 45.7 Å². The molecule has 23 nitrogen and oxygen atoms in total. The number of ether oxygens (including phenoxy) is 1. The third-order valence-corrected chi connectivity index (χ3v) is 8.50. The molecular formula is C39H38N12O11. The van der Waals surface area contributed by atoms with Crippen molar-refractivity contribution >= 4 is 87.1 Å². The second-order valence-electron chi connectivity index (χ2n) is 13.3. The average molecular weight is 851 g/mol. The van der Waals surface area contributed by atoms with Crippen molar-refractivity contribution in [3.05, 3.63) is 95.1 Å². The zero-order valence-corrected chi connectivity index (χ0v) is 32.9. The Morgan fingerprint density at radius 3 is 1.55 bits per heavy atom. The number of hydrogen-bond donors (Lipinski definition) is 8.